The number of hydrogen-bond acceptors (Lipinski definition) is 8. The van der Waals surface area contributed by atoms with Gasteiger partial charge in [-0.3, -0.25) is 4.98 Å². The molecular weight excluding hydrogens is 752 g/mol. The normalized spacial score (nSPS) is 26.0. The van der Waals surface area contributed by atoms with Crippen LogP contribution < -0.4 is 19.5 Å². The number of pyridine rings is 1. The molecule has 2 heterocycles. The lowest BCUT2D eigenvalue weighted by atomic mass is 9.59. The quantitative estimate of drug-likeness (QED) is 0.135. The average Bonchev–Trinajstić information content (AvgIpc) is 3.46. The minimum absolute atomic E-state index is 0.00320. The molecule has 1 spiro atoms. The number of ether oxygens (including phenoxy) is 4. The van der Waals surface area contributed by atoms with Gasteiger partial charge in [-0.05, 0) is 139 Å². The number of methoxy groups -OCH3 is 1. The molecule has 7 rings (SSSR count). The highest BCUT2D eigenvalue weighted by Gasteiger charge is 2.55. The maximum Gasteiger partial charge on any atom is 0.331 e. The van der Waals surface area contributed by atoms with Crippen LogP contribution in [-0.2, 0) is 25.8 Å². The minimum atomic E-state index is -2.11. The van der Waals surface area contributed by atoms with Crippen LogP contribution in [0.1, 0.15) is 135 Å². The first-order valence-electron chi connectivity index (χ1n) is 21.6. The molecule has 0 amide bonds. The smallest absolute Gasteiger partial charge is 0.331 e. The van der Waals surface area contributed by atoms with Crippen LogP contribution >= 0.6 is 11.6 Å². The van der Waals surface area contributed by atoms with E-state index in [4.69, 9.17) is 40.0 Å². The number of halogens is 1. The third kappa shape index (κ3) is 7.82. The van der Waals surface area contributed by atoms with Gasteiger partial charge < -0.3 is 28.7 Å². The summed E-state index contributed by atoms with van der Waals surface area (Å²) >= 11 is 6.37. The van der Waals surface area contributed by atoms with Gasteiger partial charge in [-0.2, -0.15) is 0 Å². The number of benzene rings is 2. The van der Waals surface area contributed by atoms with Crippen LogP contribution in [0.5, 0.6) is 17.2 Å². The second kappa shape index (κ2) is 16.8. The first-order chi connectivity index (χ1) is 27.2. The number of carbonyl (C=O) groups excluding carboxylic acids is 1. The van der Waals surface area contributed by atoms with E-state index in [2.05, 4.69) is 78.9 Å². The fraction of sp³-hybridized carbons (Fsp3) is 0.617. The monoisotopic (exact) mass is 816 g/mol. The van der Waals surface area contributed by atoms with Gasteiger partial charge in [0.15, 0.2) is 11.5 Å². The third-order valence-corrected chi connectivity index (χ3v) is 20.6. The van der Waals surface area contributed by atoms with E-state index in [0.29, 0.717) is 66.1 Å². The predicted octanol–water partition coefficient (Wildman–Crippen LogP) is 11.7. The molecule has 4 atom stereocenters. The van der Waals surface area contributed by atoms with Crippen LogP contribution in [0.2, 0.25) is 21.6 Å². The van der Waals surface area contributed by atoms with Crippen molar-refractivity contribution in [1.82, 2.24) is 4.98 Å². The van der Waals surface area contributed by atoms with Crippen molar-refractivity contribution in [3.05, 3.63) is 76.1 Å². The molecule has 8 nitrogen and oxygen atoms in total. The molecule has 0 saturated heterocycles. The van der Waals surface area contributed by atoms with Crippen molar-refractivity contribution in [3.8, 4) is 17.2 Å². The van der Waals surface area contributed by atoms with Gasteiger partial charge in [0.25, 0.3) is 0 Å². The molecule has 3 aromatic rings. The van der Waals surface area contributed by atoms with Crippen LogP contribution in [0.15, 0.2) is 48.7 Å². The predicted molar refractivity (Wildman–Crippen MR) is 231 cm³/mol. The largest absolute Gasteiger partial charge is 0.493 e. The fourth-order valence-corrected chi connectivity index (χ4v) is 17.3. The Morgan fingerprint density at radius 2 is 1.63 bits per heavy atom. The highest BCUT2D eigenvalue weighted by Crippen LogP contribution is 2.58. The molecule has 0 unspecified atom stereocenters. The summed E-state index contributed by atoms with van der Waals surface area (Å²) in [6, 6.07) is 14.1. The van der Waals surface area contributed by atoms with E-state index in [9.17, 15) is 4.79 Å². The van der Waals surface area contributed by atoms with E-state index in [1.165, 1.54) is 23.8 Å². The van der Waals surface area contributed by atoms with E-state index in [-0.39, 0.29) is 23.4 Å². The van der Waals surface area contributed by atoms with E-state index in [1.54, 1.807) is 0 Å². The van der Waals surface area contributed by atoms with Crippen molar-refractivity contribution < 1.29 is 28.2 Å². The molecule has 0 bridgehead atoms. The number of aromatic nitrogens is 1. The van der Waals surface area contributed by atoms with Gasteiger partial charge in [-0.15, -0.1) is 0 Å². The summed E-state index contributed by atoms with van der Waals surface area (Å²) in [5.74, 6) is 3.39. The zero-order valence-electron chi connectivity index (χ0n) is 35.7. The van der Waals surface area contributed by atoms with E-state index in [0.717, 1.165) is 67.2 Å². The topological polar surface area (TPSA) is 88.1 Å². The molecule has 1 fully saturated rings. The van der Waals surface area contributed by atoms with E-state index < -0.39 is 13.9 Å². The maximum absolute atomic E-state index is 13.6. The number of anilines is 1. The summed E-state index contributed by atoms with van der Waals surface area (Å²) in [6.07, 6.45) is 8.90. The number of esters is 1. The number of nitrogens with zero attached hydrogens (tertiary/aromatic N) is 1. The standard InChI is InChI=1S/C47H65ClN2O6Si/c1-29(2)57(30(3)4,31(5)6)56-40-14-13-33(8)43-39(15-20-49-44(40)43)55-28-32(7)23-35-24-34-25-41-42(54-22-21-53-41)27-38(34)46(35)16-18-47(19-17-46,45(51)52-9)50-37-12-10-11-36(48)26-37/h10-12,15,20,25-27,29-33,35,40,50H,13-14,16-19,21-24,28H2,1-9H3/t32-,33-,35+,40-,46?,47?/m1/s1. The lowest BCUT2D eigenvalue weighted by Gasteiger charge is -2.48. The molecule has 1 N–H and O–H groups in total. The van der Waals surface area contributed by atoms with Gasteiger partial charge in [-0.25, -0.2) is 4.79 Å². The van der Waals surface area contributed by atoms with Gasteiger partial charge in [0.2, 0.25) is 8.32 Å². The van der Waals surface area contributed by atoms with Crippen molar-refractivity contribution in [2.75, 3.05) is 32.2 Å². The van der Waals surface area contributed by atoms with Gasteiger partial charge >= 0.3 is 5.97 Å². The van der Waals surface area contributed by atoms with Gasteiger partial charge in [0.1, 0.15) is 24.5 Å². The summed E-state index contributed by atoms with van der Waals surface area (Å²) in [4.78, 5) is 18.6. The Morgan fingerprint density at radius 3 is 2.28 bits per heavy atom. The Balaban J connectivity index is 1.12. The molecule has 57 heavy (non-hydrogen) atoms. The number of hydrogen-bond donors (Lipinski definition) is 1. The first-order valence-corrected chi connectivity index (χ1v) is 24.1. The Kier molecular flexibility index (Phi) is 12.3. The molecule has 10 heteroatoms. The molecule has 1 aliphatic heterocycles. The highest BCUT2D eigenvalue weighted by atomic mass is 35.5. The summed E-state index contributed by atoms with van der Waals surface area (Å²) in [5, 5.41) is 4.21. The van der Waals surface area contributed by atoms with E-state index >= 15 is 0 Å². The highest BCUT2D eigenvalue weighted by molar-refractivity contribution is 6.77. The van der Waals surface area contributed by atoms with Crippen molar-refractivity contribution >= 4 is 31.6 Å². The number of rotatable bonds is 13. The van der Waals surface area contributed by atoms with Crippen molar-refractivity contribution in [2.45, 2.75) is 146 Å². The average molecular weight is 818 g/mol. The van der Waals surface area contributed by atoms with Crippen LogP contribution in [0.25, 0.3) is 0 Å². The van der Waals surface area contributed by atoms with Crippen LogP contribution in [0.4, 0.5) is 5.69 Å². The van der Waals surface area contributed by atoms with Gasteiger partial charge in [-0.1, -0.05) is 73.1 Å². The second-order valence-electron chi connectivity index (χ2n) is 18.6. The summed E-state index contributed by atoms with van der Waals surface area (Å²) in [5.41, 5.74) is 6.37. The summed E-state index contributed by atoms with van der Waals surface area (Å²) < 4.78 is 31.9. The van der Waals surface area contributed by atoms with E-state index in [1.807, 2.05) is 30.5 Å². The summed E-state index contributed by atoms with van der Waals surface area (Å²) in [6.45, 7) is 20.5. The SMILES string of the molecule is COC(=O)C1(Nc2cccc(Cl)c2)CCC2(CC1)c1cc3c(cc1C[C@@H]2C[C@@H](C)COc1ccnc2c1[C@H](C)CC[C@H]2O[Si](C(C)C)(C(C)C)C(C)C)OCCO3. The zero-order valence-corrected chi connectivity index (χ0v) is 37.5. The lowest BCUT2D eigenvalue weighted by molar-refractivity contribution is -0.148. The van der Waals surface area contributed by atoms with Gasteiger partial charge in [0, 0.05) is 22.5 Å². The van der Waals surface area contributed by atoms with Crippen molar-refractivity contribution in [1.29, 1.82) is 0 Å². The number of fused-ring (bicyclic) bond motifs is 4. The Morgan fingerprint density at radius 1 is 0.947 bits per heavy atom. The second-order valence-corrected chi connectivity index (χ2v) is 24.4. The molecule has 310 valence electrons. The van der Waals surface area contributed by atoms with Crippen LogP contribution in [0.3, 0.4) is 0 Å². The summed E-state index contributed by atoms with van der Waals surface area (Å²) in [7, 11) is -0.622. The molecule has 0 radical (unpaired) electrons. The molecule has 3 aliphatic carbocycles. The van der Waals surface area contributed by atoms with Crippen LogP contribution in [-0.4, -0.2) is 51.7 Å². The molecule has 1 saturated carbocycles. The third-order valence-electron chi connectivity index (χ3n) is 14.2. The molecular formula is C47H65ClN2O6Si. The molecule has 2 aromatic carbocycles. The van der Waals surface area contributed by atoms with Gasteiger partial charge in [0.05, 0.1) is 25.5 Å². The zero-order chi connectivity index (χ0) is 40.7. The first kappa shape index (κ1) is 41.9. The Labute approximate surface area is 347 Å². The van der Waals surface area contributed by atoms with Crippen LogP contribution in [0, 0.1) is 11.8 Å². The Hall–Kier alpha value is -3.27. The van der Waals surface area contributed by atoms with Crippen molar-refractivity contribution in [2.24, 2.45) is 11.8 Å². The fourth-order valence-electron chi connectivity index (χ4n) is 11.6. The number of nitrogens with one attached hydrogen (secondary N) is 1. The van der Waals surface area contributed by atoms with Crippen molar-refractivity contribution in [3.63, 3.8) is 0 Å². The molecule has 4 aliphatic rings. The maximum atomic E-state index is 13.6. The lowest BCUT2D eigenvalue weighted by Crippen LogP contribution is -2.53. The minimum Gasteiger partial charge on any atom is -0.493 e. The Bertz CT molecular complexity index is 1890. The molecule has 1 aromatic heterocycles. The number of carbonyl (C=O) groups is 1.